The van der Waals surface area contributed by atoms with E-state index in [4.69, 9.17) is 5.41 Å². The van der Waals surface area contributed by atoms with E-state index in [1.807, 2.05) is 67.2 Å². The lowest BCUT2D eigenvalue weighted by Crippen LogP contribution is -2.31. The number of para-hydroxylation sites is 2. The molecule has 166 valence electrons. The Morgan fingerprint density at radius 2 is 1.85 bits per heavy atom. The maximum Gasteiger partial charge on any atom is 0.263 e. The zero-order chi connectivity index (χ0) is 24.2. The van der Waals surface area contributed by atoms with Gasteiger partial charge < -0.3 is 4.90 Å². The van der Waals surface area contributed by atoms with Crippen molar-refractivity contribution in [2.75, 3.05) is 11.9 Å². The van der Waals surface area contributed by atoms with Gasteiger partial charge in [0.05, 0.1) is 0 Å². The van der Waals surface area contributed by atoms with Crippen molar-refractivity contribution in [2.24, 2.45) is 7.05 Å². The highest BCUT2D eigenvalue weighted by Crippen LogP contribution is 2.48. The van der Waals surface area contributed by atoms with Gasteiger partial charge in [-0.3, -0.25) is 10.2 Å². The van der Waals surface area contributed by atoms with Crippen LogP contribution in [-0.2, 0) is 17.3 Å². The molecule has 1 aliphatic heterocycles. The van der Waals surface area contributed by atoms with Gasteiger partial charge in [0.1, 0.15) is 23.4 Å². The molecule has 0 unspecified atom stereocenters. The molecule has 1 aromatic heterocycles. The van der Waals surface area contributed by atoms with E-state index in [0.717, 1.165) is 26.6 Å². The van der Waals surface area contributed by atoms with Gasteiger partial charge in [-0.2, -0.15) is 9.83 Å². The third kappa shape index (κ3) is 3.03. The molecule has 0 saturated heterocycles. The highest BCUT2D eigenvalue weighted by molar-refractivity contribution is 7.18. The third-order valence-electron chi connectivity index (χ3n) is 6.78. The highest BCUT2D eigenvalue weighted by atomic mass is 32.1. The van der Waals surface area contributed by atoms with Crippen molar-refractivity contribution in [3.05, 3.63) is 93.2 Å². The fourth-order valence-electron chi connectivity index (χ4n) is 4.91. The van der Waals surface area contributed by atoms with Gasteiger partial charge in [-0.1, -0.05) is 55.5 Å². The monoisotopic (exact) mass is 463 g/mol. The summed E-state index contributed by atoms with van der Waals surface area (Å²) in [5.74, 6) is 2.12. The number of anilines is 1. The van der Waals surface area contributed by atoms with Gasteiger partial charge in [-0.05, 0) is 29.6 Å². The predicted molar refractivity (Wildman–Crippen MR) is 136 cm³/mol. The van der Waals surface area contributed by atoms with Gasteiger partial charge in [0.15, 0.2) is 5.78 Å². The molecular weight excluding hydrogens is 440 g/mol. The molecule has 1 N–H and O–H groups in total. The summed E-state index contributed by atoms with van der Waals surface area (Å²) in [4.78, 5) is 15.5. The Labute approximate surface area is 202 Å². The number of carbonyl (C=O) groups is 1. The quantitative estimate of drug-likeness (QED) is 0.257. The van der Waals surface area contributed by atoms with Crippen LogP contribution in [0.4, 0.5) is 5.69 Å². The third-order valence-corrected chi connectivity index (χ3v) is 7.94. The van der Waals surface area contributed by atoms with E-state index in [1.54, 1.807) is 11.3 Å². The summed E-state index contributed by atoms with van der Waals surface area (Å²) in [6.45, 7) is 4.27. The second kappa shape index (κ2) is 7.78. The van der Waals surface area contributed by atoms with Crippen LogP contribution in [0.1, 0.15) is 24.4 Å². The van der Waals surface area contributed by atoms with E-state index in [-0.39, 0.29) is 16.8 Å². The van der Waals surface area contributed by atoms with Crippen LogP contribution in [0.3, 0.4) is 0 Å². The molecule has 0 amide bonds. The summed E-state index contributed by atoms with van der Waals surface area (Å²) in [5.41, 5.74) is 5.50. The number of Topliss-reactive ketones (excluding diaryl/α,β-unsaturated/α-hetero) is 1. The van der Waals surface area contributed by atoms with Crippen LogP contribution in [0.5, 0.6) is 0 Å². The second-order valence-electron chi connectivity index (χ2n) is 8.99. The average molecular weight is 464 g/mol. The average Bonchev–Trinajstić information content (AvgIpc) is 3.26. The van der Waals surface area contributed by atoms with Gasteiger partial charge in [0, 0.05) is 52.7 Å². The van der Waals surface area contributed by atoms with E-state index in [2.05, 4.69) is 42.8 Å². The van der Waals surface area contributed by atoms with Crippen LogP contribution >= 0.6 is 11.3 Å². The standard InChI is InChI=1S/C28H23N4OS/c1-28(2)20-9-5-6-10-21(20)31(3)24(28)13-18-26(17(15-29)16-30)19(27(18)33)14-25-32(4)22-11-7-8-12-23(22)34-25/h5-14,29H,1-4H3/q+1. The minimum absolute atomic E-state index is 0.0671. The summed E-state index contributed by atoms with van der Waals surface area (Å²) < 4.78 is 3.16. The summed E-state index contributed by atoms with van der Waals surface area (Å²) in [7, 11) is 3.96. The number of rotatable bonds is 3. The predicted octanol–water partition coefficient (Wildman–Crippen LogP) is 5.00. The number of nitriles is 1. The number of hydrogen-bond donors (Lipinski definition) is 1. The SMILES string of the molecule is CN1/C(=C/C2=C(C(=C=N)C#N)C(=C/c3sc4ccccc4[n+]3C)/C2=O)C(C)(C)c2ccccc21. The number of nitrogens with one attached hydrogen (secondary N) is 1. The lowest BCUT2D eigenvalue weighted by molar-refractivity contribution is -0.642. The first kappa shape index (κ1) is 21.8. The molecule has 2 aromatic carbocycles. The first-order chi connectivity index (χ1) is 16.3. The zero-order valence-electron chi connectivity index (χ0n) is 19.4. The van der Waals surface area contributed by atoms with Crippen LogP contribution in [0, 0.1) is 16.7 Å². The number of thiazole rings is 1. The zero-order valence-corrected chi connectivity index (χ0v) is 20.2. The first-order valence-electron chi connectivity index (χ1n) is 10.9. The fourth-order valence-corrected chi connectivity index (χ4v) is 6.01. The van der Waals surface area contributed by atoms with E-state index in [1.165, 1.54) is 5.56 Å². The number of carbonyl (C=O) groups excluding carboxylic acids is 1. The summed E-state index contributed by atoms with van der Waals surface area (Å²) >= 11 is 1.59. The molecule has 0 spiro atoms. The van der Waals surface area contributed by atoms with Gasteiger partial charge >= 0.3 is 0 Å². The minimum Gasteiger partial charge on any atom is -0.347 e. The maximum atomic E-state index is 13.4. The number of fused-ring (bicyclic) bond motifs is 2. The molecule has 34 heavy (non-hydrogen) atoms. The smallest absolute Gasteiger partial charge is 0.263 e. The molecule has 2 aliphatic rings. The molecule has 0 fully saturated rings. The second-order valence-corrected chi connectivity index (χ2v) is 10.0. The lowest BCUT2D eigenvalue weighted by Gasteiger charge is -2.28. The molecular formula is C28H23N4OS+. The van der Waals surface area contributed by atoms with Crippen LogP contribution < -0.4 is 9.47 Å². The normalized spacial score (nSPS) is 18.8. The van der Waals surface area contributed by atoms with Gasteiger partial charge in [-0.15, -0.1) is 0 Å². The number of likely N-dealkylation sites (N-methyl/N-ethyl adjacent to an activating group) is 1. The Balaban J connectivity index is 1.68. The molecule has 0 bridgehead atoms. The molecule has 1 aliphatic carbocycles. The number of aryl methyl sites for hydroxylation is 1. The Morgan fingerprint density at radius 3 is 2.53 bits per heavy atom. The highest BCUT2D eigenvalue weighted by Gasteiger charge is 2.42. The number of hydrogen-bond acceptors (Lipinski definition) is 5. The summed E-state index contributed by atoms with van der Waals surface area (Å²) in [5, 5.41) is 18.3. The Kier molecular flexibility index (Phi) is 4.98. The molecule has 2 heterocycles. The molecule has 5 rings (SSSR count). The van der Waals surface area contributed by atoms with Crippen molar-refractivity contribution in [1.29, 1.82) is 10.7 Å². The lowest BCUT2D eigenvalue weighted by atomic mass is 9.75. The molecule has 0 saturated carbocycles. The molecule has 5 nitrogen and oxygen atoms in total. The number of benzene rings is 2. The number of ketones is 1. The first-order valence-corrected chi connectivity index (χ1v) is 11.8. The molecule has 0 atom stereocenters. The van der Waals surface area contributed by atoms with Crippen molar-refractivity contribution < 1.29 is 9.36 Å². The van der Waals surface area contributed by atoms with Gasteiger partial charge in [-0.25, -0.2) is 0 Å². The Morgan fingerprint density at radius 1 is 1.15 bits per heavy atom. The van der Waals surface area contributed by atoms with Crippen LogP contribution in [0.15, 0.2) is 82.6 Å². The van der Waals surface area contributed by atoms with E-state index in [0.29, 0.717) is 16.7 Å². The molecule has 6 heteroatoms. The van der Waals surface area contributed by atoms with Gasteiger partial charge in [0.2, 0.25) is 5.52 Å². The van der Waals surface area contributed by atoms with Crippen LogP contribution in [0.25, 0.3) is 16.3 Å². The van der Waals surface area contributed by atoms with Crippen LogP contribution in [-0.4, -0.2) is 18.7 Å². The summed E-state index contributed by atoms with van der Waals surface area (Å²) in [6, 6.07) is 18.3. The Hall–Kier alpha value is -4.04. The Bertz CT molecular complexity index is 1590. The number of aromatic nitrogens is 1. The van der Waals surface area contributed by atoms with E-state index < -0.39 is 0 Å². The fraction of sp³-hybridized carbons (Fsp3) is 0.179. The van der Waals surface area contributed by atoms with Crippen molar-refractivity contribution in [1.82, 2.24) is 0 Å². The minimum atomic E-state index is -0.303. The number of nitrogens with zero attached hydrogens (tertiary/aromatic N) is 3. The number of allylic oxidation sites excluding steroid dienone is 6. The van der Waals surface area contributed by atoms with Crippen molar-refractivity contribution in [3.8, 4) is 6.07 Å². The van der Waals surface area contributed by atoms with Gasteiger partial charge in [0.25, 0.3) is 5.01 Å². The largest absolute Gasteiger partial charge is 0.347 e. The van der Waals surface area contributed by atoms with E-state index >= 15 is 0 Å². The van der Waals surface area contributed by atoms with Crippen molar-refractivity contribution in [3.63, 3.8) is 0 Å². The van der Waals surface area contributed by atoms with Crippen molar-refractivity contribution in [2.45, 2.75) is 19.3 Å². The molecule has 0 radical (unpaired) electrons. The molecule has 3 aromatic rings. The maximum absolute atomic E-state index is 13.4. The van der Waals surface area contributed by atoms with E-state index in [9.17, 15) is 10.1 Å². The van der Waals surface area contributed by atoms with Crippen LogP contribution in [0.2, 0.25) is 0 Å². The topological polar surface area (TPSA) is 71.8 Å². The summed E-state index contributed by atoms with van der Waals surface area (Å²) in [6.07, 6.45) is 3.71. The van der Waals surface area contributed by atoms with Crippen molar-refractivity contribution >= 4 is 45.0 Å².